The zero-order chi connectivity index (χ0) is 45.1. The normalized spacial score (nSPS) is 11.9. The van der Waals surface area contributed by atoms with Crippen LogP contribution in [-0.2, 0) is 28.6 Å². The summed E-state index contributed by atoms with van der Waals surface area (Å²) >= 11 is 0. The fraction of sp³-hybridized carbons (Fsp3) is 0.946. The first-order valence-electron chi connectivity index (χ1n) is 28.0. The molecule has 6 heteroatoms. The molecule has 0 spiro atoms. The fourth-order valence-electron chi connectivity index (χ4n) is 8.62. The summed E-state index contributed by atoms with van der Waals surface area (Å²) < 4.78 is 16.8. The molecule has 0 aliphatic rings. The summed E-state index contributed by atoms with van der Waals surface area (Å²) in [6, 6.07) is 0. The van der Waals surface area contributed by atoms with Crippen molar-refractivity contribution in [3.8, 4) is 0 Å². The number of hydrogen-bond acceptors (Lipinski definition) is 6. The summed E-state index contributed by atoms with van der Waals surface area (Å²) in [4.78, 5) is 37.9. The van der Waals surface area contributed by atoms with Crippen molar-refractivity contribution in [1.29, 1.82) is 0 Å². The van der Waals surface area contributed by atoms with E-state index in [1.165, 1.54) is 225 Å². The molecule has 0 bridgehead atoms. The minimum absolute atomic E-state index is 0.0621. The van der Waals surface area contributed by atoms with E-state index in [1.807, 2.05) is 0 Å². The maximum Gasteiger partial charge on any atom is 0.306 e. The van der Waals surface area contributed by atoms with E-state index in [1.54, 1.807) is 0 Å². The molecule has 0 N–H and O–H groups in total. The zero-order valence-corrected chi connectivity index (χ0v) is 42.2. The van der Waals surface area contributed by atoms with Gasteiger partial charge in [0, 0.05) is 19.3 Å². The van der Waals surface area contributed by atoms with Crippen molar-refractivity contribution >= 4 is 17.9 Å². The van der Waals surface area contributed by atoms with Gasteiger partial charge in [-0.25, -0.2) is 0 Å². The topological polar surface area (TPSA) is 78.9 Å². The minimum atomic E-state index is -0.759. The van der Waals surface area contributed by atoms with E-state index in [-0.39, 0.29) is 31.1 Å². The predicted molar refractivity (Wildman–Crippen MR) is 266 cm³/mol. The lowest BCUT2D eigenvalue weighted by atomic mass is 10.0. The van der Waals surface area contributed by atoms with Gasteiger partial charge in [0.2, 0.25) is 0 Å². The highest BCUT2D eigenvalue weighted by Crippen LogP contribution is 2.17. The molecule has 0 aromatic rings. The van der Waals surface area contributed by atoms with Crippen molar-refractivity contribution in [3.63, 3.8) is 0 Å². The third-order valence-corrected chi connectivity index (χ3v) is 12.9. The van der Waals surface area contributed by atoms with Gasteiger partial charge in [-0.05, 0) is 19.3 Å². The molecule has 0 aliphatic heterocycles. The number of rotatable bonds is 52. The lowest BCUT2D eigenvalue weighted by Gasteiger charge is -2.18. The largest absolute Gasteiger partial charge is 0.462 e. The molecular formula is C56H108O6. The van der Waals surface area contributed by atoms with E-state index < -0.39 is 6.10 Å². The number of carbonyl (C=O) groups is 3. The van der Waals surface area contributed by atoms with Gasteiger partial charge in [0.05, 0.1) is 0 Å². The van der Waals surface area contributed by atoms with Gasteiger partial charge in [-0.15, -0.1) is 0 Å². The molecule has 0 rings (SSSR count). The predicted octanol–water partition coefficient (Wildman–Crippen LogP) is 18.4. The molecule has 0 aromatic heterocycles. The molecule has 0 aromatic carbocycles. The Morgan fingerprint density at radius 1 is 0.258 bits per heavy atom. The number of esters is 3. The zero-order valence-electron chi connectivity index (χ0n) is 42.2. The molecule has 1 atom stereocenters. The number of carbonyl (C=O) groups excluding carboxylic acids is 3. The van der Waals surface area contributed by atoms with Crippen LogP contribution in [-0.4, -0.2) is 37.2 Å². The highest BCUT2D eigenvalue weighted by Gasteiger charge is 2.19. The lowest BCUT2D eigenvalue weighted by Crippen LogP contribution is -2.30. The Labute approximate surface area is 387 Å². The SMILES string of the molecule is CCCCCCCCCCCCCCCCCCCCCCCCC(=O)OCC(COC(=O)CCCCCCCCC)OC(=O)CCCCCCCCCCCCCCCCC. The van der Waals surface area contributed by atoms with Gasteiger partial charge in [0.25, 0.3) is 0 Å². The third kappa shape index (κ3) is 49.4. The Morgan fingerprint density at radius 2 is 0.435 bits per heavy atom. The molecule has 0 amide bonds. The average Bonchev–Trinajstić information content (AvgIpc) is 3.27. The van der Waals surface area contributed by atoms with Gasteiger partial charge in [0.1, 0.15) is 13.2 Å². The summed E-state index contributed by atoms with van der Waals surface area (Å²) in [6.45, 7) is 6.66. The van der Waals surface area contributed by atoms with Crippen LogP contribution in [0.5, 0.6) is 0 Å². The van der Waals surface area contributed by atoms with E-state index in [4.69, 9.17) is 14.2 Å². The van der Waals surface area contributed by atoms with Crippen LogP contribution in [0.25, 0.3) is 0 Å². The molecule has 0 saturated carbocycles. The fourth-order valence-corrected chi connectivity index (χ4v) is 8.62. The minimum Gasteiger partial charge on any atom is -0.462 e. The van der Waals surface area contributed by atoms with Crippen LogP contribution in [0, 0.1) is 0 Å². The van der Waals surface area contributed by atoms with Gasteiger partial charge < -0.3 is 14.2 Å². The van der Waals surface area contributed by atoms with Gasteiger partial charge >= 0.3 is 17.9 Å². The Kier molecular flexibility index (Phi) is 50.7. The second-order valence-corrected chi connectivity index (χ2v) is 19.2. The van der Waals surface area contributed by atoms with Crippen LogP contribution in [0.1, 0.15) is 323 Å². The van der Waals surface area contributed by atoms with Gasteiger partial charge in [-0.2, -0.15) is 0 Å². The van der Waals surface area contributed by atoms with E-state index in [2.05, 4.69) is 20.8 Å². The molecule has 0 aliphatic carbocycles. The van der Waals surface area contributed by atoms with Crippen LogP contribution in [0.2, 0.25) is 0 Å². The summed E-state index contributed by atoms with van der Waals surface area (Å²) in [5.41, 5.74) is 0. The first-order valence-corrected chi connectivity index (χ1v) is 28.0. The monoisotopic (exact) mass is 877 g/mol. The Balaban J connectivity index is 4.10. The van der Waals surface area contributed by atoms with Crippen molar-refractivity contribution in [2.24, 2.45) is 0 Å². The second-order valence-electron chi connectivity index (χ2n) is 19.2. The third-order valence-electron chi connectivity index (χ3n) is 12.9. The quantitative estimate of drug-likeness (QED) is 0.0344. The molecule has 62 heavy (non-hydrogen) atoms. The standard InChI is InChI=1S/C56H108O6/c1-4-7-10-13-16-18-20-22-24-25-26-27-28-29-30-32-33-35-37-40-43-46-49-55(58)61-52-53(51-60-54(57)48-45-42-39-15-12-9-6-3)62-56(59)50-47-44-41-38-36-34-31-23-21-19-17-14-11-8-5-2/h53H,4-52H2,1-3H3. The second kappa shape index (κ2) is 52.0. The Morgan fingerprint density at radius 3 is 0.645 bits per heavy atom. The van der Waals surface area contributed by atoms with Gasteiger partial charge in [-0.1, -0.05) is 284 Å². The number of ether oxygens (including phenoxy) is 3. The van der Waals surface area contributed by atoms with Crippen LogP contribution in [0.3, 0.4) is 0 Å². The molecule has 0 fully saturated rings. The van der Waals surface area contributed by atoms with Crippen molar-refractivity contribution in [2.75, 3.05) is 13.2 Å². The summed E-state index contributed by atoms with van der Waals surface area (Å²) in [5, 5.41) is 0. The summed E-state index contributed by atoms with van der Waals surface area (Å²) in [6.07, 6.45) is 56.9. The van der Waals surface area contributed by atoms with Crippen LogP contribution in [0.4, 0.5) is 0 Å². The van der Waals surface area contributed by atoms with Gasteiger partial charge in [0.15, 0.2) is 6.10 Å². The van der Waals surface area contributed by atoms with Crippen LogP contribution < -0.4 is 0 Å². The van der Waals surface area contributed by atoms with E-state index >= 15 is 0 Å². The smallest absolute Gasteiger partial charge is 0.306 e. The van der Waals surface area contributed by atoms with Crippen molar-refractivity contribution in [3.05, 3.63) is 0 Å². The van der Waals surface area contributed by atoms with Crippen molar-refractivity contribution < 1.29 is 28.6 Å². The molecular weight excluding hydrogens is 769 g/mol. The van der Waals surface area contributed by atoms with Crippen LogP contribution >= 0.6 is 0 Å². The Hall–Kier alpha value is -1.59. The van der Waals surface area contributed by atoms with E-state index in [0.717, 1.165) is 57.8 Å². The summed E-state index contributed by atoms with van der Waals surface area (Å²) in [5.74, 6) is -0.845. The average molecular weight is 877 g/mol. The Bertz CT molecular complexity index is 920. The molecule has 6 nitrogen and oxygen atoms in total. The van der Waals surface area contributed by atoms with E-state index in [0.29, 0.717) is 19.3 Å². The first-order chi connectivity index (χ1) is 30.5. The van der Waals surface area contributed by atoms with Crippen LogP contribution in [0.15, 0.2) is 0 Å². The first kappa shape index (κ1) is 60.4. The lowest BCUT2D eigenvalue weighted by molar-refractivity contribution is -0.167. The molecule has 368 valence electrons. The molecule has 1 unspecified atom stereocenters. The maximum atomic E-state index is 12.8. The van der Waals surface area contributed by atoms with Gasteiger partial charge in [-0.3, -0.25) is 14.4 Å². The number of hydrogen-bond donors (Lipinski definition) is 0. The van der Waals surface area contributed by atoms with E-state index in [9.17, 15) is 14.4 Å². The summed E-state index contributed by atoms with van der Waals surface area (Å²) in [7, 11) is 0. The molecule has 0 radical (unpaired) electrons. The van der Waals surface area contributed by atoms with Crippen molar-refractivity contribution in [2.45, 2.75) is 329 Å². The maximum absolute atomic E-state index is 12.8. The molecule has 0 heterocycles. The number of unbranched alkanes of at least 4 members (excludes halogenated alkanes) is 41. The van der Waals surface area contributed by atoms with Crippen molar-refractivity contribution in [1.82, 2.24) is 0 Å². The highest BCUT2D eigenvalue weighted by atomic mass is 16.6. The molecule has 0 saturated heterocycles. The highest BCUT2D eigenvalue weighted by molar-refractivity contribution is 5.71.